The molecule has 1 saturated carbocycles. The van der Waals surface area contributed by atoms with Gasteiger partial charge in [0.05, 0.1) is 11.9 Å². The molecule has 0 aliphatic heterocycles. The normalized spacial score (nSPS) is 20.7. The van der Waals surface area contributed by atoms with Crippen LogP contribution >= 0.6 is 0 Å². The van der Waals surface area contributed by atoms with Crippen molar-refractivity contribution in [3.05, 3.63) is 29.8 Å². The molecule has 2 N–H and O–H groups in total. The lowest BCUT2D eigenvalue weighted by Gasteiger charge is -2.29. The summed E-state index contributed by atoms with van der Waals surface area (Å²) >= 11 is 0. The van der Waals surface area contributed by atoms with Crippen LogP contribution in [0.5, 0.6) is 5.75 Å². The van der Waals surface area contributed by atoms with Crippen LogP contribution in [0.4, 0.5) is 0 Å². The molecule has 0 bridgehead atoms. The van der Waals surface area contributed by atoms with Crippen LogP contribution in [-0.2, 0) is 16.6 Å². The first-order valence-corrected chi connectivity index (χ1v) is 11.9. The van der Waals surface area contributed by atoms with Gasteiger partial charge in [0.2, 0.25) is 10.0 Å². The Kier molecular flexibility index (Phi) is 9.06. The summed E-state index contributed by atoms with van der Waals surface area (Å²) in [5, 5.41) is 3.19. The Hall–Kier alpha value is -1.11. The van der Waals surface area contributed by atoms with Gasteiger partial charge in [0.15, 0.2) is 0 Å². The molecule has 0 amide bonds. The summed E-state index contributed by atoms with van der Waals surface area (Å²) in [6, 6.07) is 8.39. The monoisotopic (exact) mass is 396 g/mol. The number of unbranched alkanes of at least 4 members (excludes halogenated alkanes) is 1. The van der Waals surface area contributed by atoms with Gasteiger partial charge in [-0.3, -0.25) is 0 Å². The van der Waals surface area contributed by atoms with Crippen molar-refractivity contribution in [2.75, 3.05) is 13.2 Å². The number of nitrogens with one attached hydrogen (secondary N) is 2. The van der Waals surface area contributed by atoms with Crippen molar-refractivity contribution < 1.29 is 13.2 Å². The van der Waals surface area contributed by atoms with E-state index in [0.29, 0.717) is 5.92 Å². The molecular formula is C21H36N2O3S. The zero-order chi connectivity index (χ0) is 19.7. The van der Waals surface area contributed by atoms with Crippen molar-refractivity contribution in [1.29, 1.82) is 0 Å². The summed E-state index contributed by atoms with van der Waals surface area (Å²) in [5.74, 6) is 1.56. The Morgan fingerprint density at radius 1 is 1.19 bits per heavy atom. The lowest BCUT2D eigenvalue weighted by molar-refractivity contribution is 0.301. The Morgan fingerprint density at radius 3 is 2.59 bits per heavy atom. The van der Waals surface area contributed by atoms with Gasteiger partial charge >= 0.3 is 0 Å². The van der Waals surface area contributed by atoms with Crippen LogP contribution in [0, 0.1) is 5.92 Å². The number of sulfonamides is 1. The van der Waals surface area contributed by atoms with Crippen LogP contribution in [0.25, 0.3) is 0 Å². The highest BCUT2D eigenvalue weighted by molar-refractivity contribution is 7.90. The molecule has 27 heavy (non-hydrogen) atoms. The molecule has 0 aromatic heterocycles. The van der Waals surface area contributed by atoms with Crippen molar-refractivity contribution in [3.63, 3.8) is 0 Å². The van der Waals surface area contributed by atoms with Crippen molar-refractivity contribution in [2.24, 2.45) is 5.92 Å². The van der Waals surface area contributed by atoms with E-state index in [1.165, 1.54) is 5.56 Å². The van der Waals surface area contributed by atoms with Crippen molar-refractivity contribution in [2.45, 2.75) is 77.1 Å². The van der Waals surface area contributed by atoms with E-state index in [-0.39, 0.29) is 11.3 Å². The standard InChI is InChI=1S/C21H36N2O3S/c1-4-5-13-26-21-8-6-7-19(14-21)16-22-15-18-9-11-20(12-10-18)23-27(24,25)17(2)3/h6-8,14,17-18,20,22-23H,4-5,9-13,15-16H2,1-3H3. The fourth-order valence-corrected chi connectivity index (χ4v) is 4.33. The maximum absolute atomic E-state index is 12.0. The fraction of sp³-hybridized carbons (Fsp3) is 0.714. The van der Waals surface area contributed by atoms with E-state index in [9.17, 15) is 8.42 Å². The van der Waals surface area contributed by atoms with E-state index in [0.717, 1.165) is 64.0 Å². The predicted octanol–water partition coefficient (Wildman–Crippen LogP) is 3.84. The topological polar surface area (TPSA) is 67.4 Å². The van der Waals surface area contributed by atoms with Crippen molar-refractivity contribution in [1.82, 2.24) is 10.0 Å². The Bertz CT molecular complexity index is 653. The summed E-state index contributed by atoms with van der Waals surface area (Å²) < 4.78 is 32.6. The van der Waals surface area contributed by atoms with Crippen LogP contribution < -0.4 is 14.8 Å². The lowest BCUT2D eigenvalue weighted by atomic mass is 9.86. The molecule has 1 aliphatic carbocycles. The molecule has 0 heterocycles. The van der Waals surface area contributed by atoms with E-state index in [4.69, 9.17) is 4.74 Å². The molecule has 0 radical (unpaired) electrons. The van der Waals surface area contributed by atoms with Crippen LogP contribution in [-0.4, -0.2) is 32.9 Å². The second-order valence-electron chi connectivity index (χ2n) is 7.91. The maximum Gasteiger partial charge on any atom is 0.214 e. The minimum atomic E-state index is -3.16. The van der Waals surface area contributed by atoms with Crippen LogP contribution in [0.15, 0.2) is 24.3 Å². The van der Waals surface area contributed by atoms with Gasteiger partial charge in [-0.2, -0.15) is 0 Å². The van der Waals surface area contributed by atoms with Crippen LogP contribution in [0.2, 0.25) is 0 Å². The molecule has 6 heteroatoms. The number of hydrogen-bond donors (Lipinski definition) is 2. The Morgan fingerprint density at radius 2 is 1.93 bits per heavy atom. The minimum absolute atomic E-state index is 0.102. The van der Waals surface area contributed by atoms with E-state index >= 15 is 0 Å². The largest absolute Gasteiger partial charge is 0.494 e. The third-order valence-corrected chi connectivity index (χ3v) is 7.13. The highest BCUT2D eigenvalue weighted by Crippen LogP contribution is 2.24. The van der Waals surface area contributed by atoms with Crippen LogP contribution in [0.3, 0.4) is 0 Å². The molecule has 0 saturated heterocycles. The summed E-state index contributed by atoms with van der Waals surface area (Å²) in [6.07, 6.45) is 6.22. The zero-order valence-corrected chi connectivity index (χ0v) is 17.9. The highest BCUT2D eigenvalue weighted by Gasteiger charge is 2.26. The van der Waals surface area contributed by atoms with Gasteiger partial charge in [0.25, 0.3) is 0 Å². The first kappa shape index (κ1) is 22.2. The summed E-state index contributed by atoms with van der Waals surface area (Å²) in [7, 11) is -3.16. The Labute approximate surface area is 165 Å². The quantitative estimate of drug-likeness (QED) is 0.558. The van der Waals surface area contributed by atoms with Gasteiger partial charge in [-0.1, -0.05) is 25.5 Å². The molecule has 1 fully saturated rings. The first-order valence-electron chi connectivity index (χ1n) is 10.3. The second-order valence-corrected chi connectivity index (χ2v) is 10.2. The molecule has 0 unspecified atom stereocenters. The molecule has 1 aromatic carbocycles. The second kappa shape index (κ2) is 11.0. The third-order valence-electron chi connectivity index (χ3n) is 5.23. The van der Waals surface area contributed by atoms with E-state index in [1.807, 2.05) is 12.1 Å². The van der Waals surface area contributed by atoms with Gasteiger partial charge in [-0.05, 0) is 76.1 Å². The fourth-order valence-electron chi connectivity index (χ4n) is 3.35. The summed E-state index contributed by atoms with van der Waals surface area (Å²) in [6.45, 7) is 8.20. The van der Waals surface area contributed by atoms with Gasteiger partial charge in [0.1, 0.15) is 5.75 Å². The minimum Gasteiger partial charge on any atom is -0.494 e. The maximum atomic E-state index is 12.0. The smallest absolute Gasteiger partial charge is 0.214 e. The van der Waals surface area contributed by atoms with E-state index in [2.05, 4.69) is 29.1 Å². The third kappa shape index (κ3) is 7.80. The number of rotatable bonds is 11. The molecule has 0 atom stereocenters. The SMILES string of the molecule is CCCCOc1cccc(CNCC2CCC(NS(=O)(=O)C(C)C)CC2)c1. The van der Waals surface area contributed by atoms with Crippen molar-refractivity contribution in [3.8, 4) is 5.75 Å². The molecule has 5 nitrogen and oxygen atoms in total. The van der Waals surface area contributed by atoms with E-state index < -0.39 is 10.0 Å². The Balaban J connectivity index is 1.68. The molecule has 2 rings (SSSR count). The molecule has 154 valence electrons. The average molecular weight is 397 g/mol. The average Bonchev–Trinajstić information content (AvgIpc) is 2.63. The molecule has 1 aliphatic rings. The molecule has 0 spiro atoms. The molecule has 1 aromatic rings. The lowest BCUT2D eigenvalue weighted by Crippen LogP contribution is -2.41. The number of hydrogen-bond acceptors (Lipinski definition) is 4. The zero-order valence-electron chi connectivity index (χ0n) is 17.0. The summed E-state index contributed by atoms with van der Waals surface area (Å²) in [4.78, 5) is 0. The predicted molar refractivity (Wildman–Crippen MR) is 111 cm³/mol. The van der Waals surface area contributed by atoms with Gasteiger partial charge in [-0.15, -0.1) is 0 Å². The van der Waals surface area contributed by atoms with Gasteiger partial charge in [-0.25, -0.2) is 13.1 Å². The van der Waals surface area contributed by atoms with Crippen molar-refractivity contribution >= 4 is 10.0 Å². The van der Waals surface area contributed by atoms with Gasteiger partial charge in [0, 0.05) is 12.6 Å². The number of benzene rings is 1. The van der Waals surface area contributed by atoms with E-state index in [1.54, 1.807) is 13.8 Å². The van der Waals surface area contributed by atoms with Crippen LogP contribution in [0.1, 0.15) is 64.9 Å². The van der Waals surface area contributed by atoms with Gasteiger partial charge < -0.3 is 10.1 Å². The first-order chi connectivity index (χ1) is 12.9. The molecular weight excluding hydrogens is 360 g/mol. The highest BCUT2D eigenvalue weighted by atomic mass is 32.2. The number of ether oxygens (including phenoxy) is 1. The summed E-state index contributed by atoms with van der Waals surface area (Å²) in [5.41, 5.74) is 1.24.